The lowest BCUT2D eigenvalue weighted by atomic mass is 9.90. The SMILES string of the molecule is COC(OC)C(C)NC(=O)C(C)c1c(C)ccc2ccccc12. The first-order valence-electron chi connectivity index (χ1n) is 7.83. The third-order valence-electron chi connectivity index (χ3n) is 4.26. The maximum Gasteiger partial charge on any atom is 0.227 e. The van der Waals surface area contributed by atoms with E-state index >= 15 is 0 Å². The monoisotopic (exact) mass is 315 g/mol. The number of rotatable bonds is 6. The zero-order valence-corrected chi connectivity index (χ0v) is 14.4. The first-order chi connectivity index (χ1) is 11.0. The first kappa shape index (κ1) is 17.4. The van der Waals surface area contributed by atoms with E-state index in [9.17, 15) is 4.79 Å². The maximum atomic E-state index is 12.7. The molecular formula is C19H25NO3. The van der Waals surface area contributed by atoms with Crippen molar-refractivity contribution in [3.63, 3.8) is 0 Å². The van der Waals surface area contributed by atoms with Gasteiger partial charge in [0.25, 0.3) is 0 Å². The lowest BCUT2D eigenvalue weighted by molar-refractivity contribution is -0.136. The Morgan fingerprint density at radius 2 is 1.70 bits per heavy atom. The van der Waals surface area contributed by atoms with Gasteiger partial charge in [0.2, 0.25) is 5.91 Å². The summed E-state index contributed by atoms with van der Waals surface area (Å²) in [6.45, 7) is 5.85. The van der Waals surface area contributed by atoms with E-state index in [0.717, 1.165) is 21.9 Å². The van der Waals surface area contributed by atoms with Crippen LogP contribution in [0.25, 0.3) is 10.8 Å². The highest BCUT2D eigenvalue weighted by atomic mass is 16.7. The van der Waals surface area contributed by atoms with Gasteiger partial charge in [0, 0.05) is 14.2 Å². The lowest BCUT2D eigenvalue weighted by Gasteiger charge is -2.24. The molecule has 4 nitrogen and oxygen atoms in total. The van der Waals surface area contributed by atoms with Crippen molar-refractivity contribution in [1.82, 2.24) is 5.32 Å². The number of aryl methyl sites for hydroxylation is 1. The Bertz CT molecular complexity index is 679. The maximum absolute atomic E-state index is 12.7. The third-order valence-corrected chi connectivity index (χ3v) is 4.26. The van der Waals surface area contributed by atoms with Gasteiger partial charge >= 0.3 is 0 Å². The average Bonchev–Trinajstić information content (AvgIpc) is 2.55. The molecule has 0 radical (unpaired) electrons. The zero-order valence-electron chi connectivity index (χ0n) is 14.4. The summed E-state index contributed by atoms with van der Waals surface area (Å²) in [6.07, 6.45) is -0.459. The van der Waals surface area contributed by atoms with Crippen LogP contribution in [0.5, 0.6) is 0 Å². The molecule has 2 rings (SSSR count). The van der Waals surface area contributed by atoms with Crippen LogP contribution in [-0.2, 0) is 14.3 Å². The molecule has 4 heteroatoms. The van der Waals surface area contributed by atoms with E-state index in [1.54, 1.807) is 14.2 Å². The summed E-state index contributed by atoms with van der Waals surface area (Å²) in [5.74, 6) is -0.283. The highest BCUT2D eigenvalue weighted by molar-refractivity contribution is 5.93. The summed E-state index contributed by atoms with van der Waals surface area (Å²) in [5.41, 5.74) is 2.19. The molecule has 0 fully saturated rings. The van der Waals surface area contributed by atoms with Crippen LogP contribution in [-0.4, -0.2) is 32.5 Å². The van der Waals surface area contributed by atoms with E-state index in [-0.39, 0.29) is 17.9 Å². The van der Waals surface area contributed by atoms with Crippen LogP contribution in [0, 0.1) is 6.92 Å². The van der Waals surface area contributed by atoms with Crippen molar-refractivity contribution in [2.24, 2.45) is 0 Å². The van der Waals surface area contributed by atoms with Crippen LogP contribution in [0.1, 0.15) is 30.9 Å². The van der Waals surface area contributed by atoms with E-state index in [0.29, 0.717) is 0 Å². The predicted molar refractivity (Wildman–Crippen MR) is 92.5 cm³/mol. The van der Waals surface area contributed by atoms with Gasteiger partial charge in [-0.05, 0) is 42.7 Å². The van der Waals surface area contributed by atoms with Crippen molar-refractivity contribution >= 4 is 16.7 Å². The molecule has 2 aromatic carbocycles. The molecular weight excluding hydrogens is 290 g/mol. The fourth-order valence-electron chi connectivity index (χ4n) is 3.03. The van der Waals surface area contributed by atoms with Gasteiger partial charge in [0.15, 0.2) is 6.29 Å². The normalized spacial score (nSPS) is 14.0. The number of benzene rings is 2. The van der Waals surface area contributed by atoms with E-state index in [4.69, 9.17) is 9.47 Å². The van der Waals surface area contributed by atoms with Crippen molar-refractivity contribution in [1.29, 1.82) is 0 Å². The first-order valence-corrected chi connectivity index (χ1v) is 7.83. The Hall–Kier alpha value is -1.91. The number of fused-ring (bicyclic) bond motifs is 1. The number of amides is 1. The van der Waals surface area contributed by atoms with Crippen LogP contribution >= 0.6 is 0 Å². The zero-order chi connectivity index (χ0) is 17.0. The molecule has 2 unspecified atom stereocenters. The van der Waals surface area contributed by atoms with Crippen molar-refractivity contribution in [3.8, 4) is 0 Å². The Labute approximate surface area is 137 Å². The van der Waals surface area contributed by atoms with Crippen molar-refractivity contribution < 1.29 is 14.3 Å². The van der Waals surface area contributed by atoms with Crippen LogP contribution in [0.15, 0.2) is 36.4 Å². The standard InChI is InChI=1S/C19H25NO3/c1-12-10-11-15-8-6-7-9-16(15)17(12)13(2)18(21)20-14(3)19(22-4)23-5/h6-11,13-14,19H,1-5H3,(H,20,21). The fourth-order valence-corrected chi connectivity index (χ4v) is 3.03. The van der Waals surface area contributed by atoms with Gasteiger partial charge < -0.3 is 14.8 Å². The number of hydrogen-bond donors (Lipinski definition) is 1. The minimum absolute atomic E-state index is 0.0314. The van der Waals surface area contributed by atoms with E-state index in [1.165, 1.54) is 0 Å². The summed E-state index contributed by atoms with van der Waals surface area (Å²) in [6, 6.07) is 12.1. The van der Waals surface area contributed by atoms with Crippen LogP contribution < -0.4 is 5.32 Å². The molecule has 0 aliphatic carbocycles. The van der Waals surface area contributed by atoms with E-state index < -0.39 is 6.29 Å². The van der Waals surface area contributed by atoms with Gasteiger partial charge in [-0.15, -0.1) is 0 Å². The van der Waals surface area contributed by atoms with Gasteiger partial charge in [-0.2, -0.15) is 0 Å². The lowest BCUT2D eigenvalue weighted by Crippen LogP contribution is -2.44. The highest BCUT2D eigenvalue weighted by Gasteiger charge is 2.24. The Morgan fingerprint density at radius 1 is 1.04 bits per heavy atom. The number of methoxy groups -OCH3 is 2. The minimum atomic E-state index is -0.459. The fraction of sp³-hybridized carbons (Fsp3) is 0.421. The second-order valence-electron chi connectivity index (χ2n) is 5.88. The molecule has 1 N–H and O–H groups in total. The van der Waals surface area contributed by atoms with Crippen molar-refractivity contribution in [2.45, 2.75) is 39.0 Å². The largest absolute Gasteiger partial charge is 0.354 e. The number of carbonyl (C=O) groups excluding carboxylic acids is 1. The minimum Gasteiger partial charge on any atom is -0.354 e. The van der Waals surface area contributed by atoms with Crippen LogP contribution in [0.3, 0.4) is 0 Å². The molecule has 2 aromatic rings. The Morgan fingerprint density at radius 3 is 2.35 bits per heavy atom. The molecule has 0 spiro atoms. The number of nitrogens with one attached hydrogen (secondary N) is 1. The second kappa shape index (κ2) is 7.57. The summed E-state index contributed by atoms with van der Waals surface area (Å²) < 4.78 is 10.4. The molecule has 23 heavy (non-hydrogen) atoms. The van der Waals surface area contributed by atoms with Crippen LogP contribution in [0.4, 0.5) is 0 Å². The summed E-state index contributed by atoms with van der Waals surface area (Å²) in [7, 11) is 3.13. The van der Waals surface area contributed by atoms with Gasteiger partial charge in [0.1, 0.15) is 0 Å². The average molecular weight is 315 g/mol. The Kier molecular flexibility index (Phi) is 5.74. The summed E-state index contributed by atoms with van der Waals surface area (Å²) in [5, 5.41) is 5.25. The molecule has 124 valence electrons. The van der Waals surface area contributed by atoms with Crippen molar-refractivity contribution in [3.05, 3.63) is 47.5 Å². The number of carbonyl (C=O) groups is 1. The molecule has 2 atom stereocenters. The summed E-state index contributed by atoms with van der Waals surface area (Å²) >= 11 is 0. The molecule has 0 heterocycles. The molecule has 0 saturated heterocycles. The van der Waals surface area contributed by atoms with Gasteiger partial charge in [-0.3, -0.25) is 4.79 Å². The van der Waals surface area contributed by atoms with Crippen molar-refractivity contribution in [2.75, 3.05) is 14.2 Å². The van der Waals surface area contributed by atoms with Gasteiger partial charge in [0.05, 0.1) is 12.0 Å². The van der Waals surface area contributed by atoms with Gasteiger partial charge in [-0.1, -0.05) is 36.4 Å². The van der Waals surface area contributed by atoms with Gasteiger partial charge in [-0.25, -0.2) is 0 Å². The number of ether oxygens (including phenoxy) is 2. The molecule has 0 bridgehead atoms. The molecule has 1 amide bonds. The second-order valence-corrected chi connectivity index (χ2v) is 5.88. The molecule has 0 aliphatic rings. The molecule has 0 aliphatic heterocycles. The quantitative estimate of drug-likeness (QED) is 0.831. The van der Waals surface area contributed by atoms with Crippen LogP contribution in [0.2, 0.25) is 0 Å². The summed E-state index contributed by atoms with van der Waals surface area (Å²) in [4.78, 5) is 12.7. The third kappa shape index (κ3) is 3.71. The van der Waals surface area contributed by atoms with E-state index in [2.05, 4.69) is 29.6 Å². The highest BCUT2D eigenvalue weighted by Crippen LogP contribution is 2.29. The molecule has 0 saturated carbocycles. The molecule has 0 aromatic heterocycles. The topological polar surface area (TPSA) is 47.6 Å². The number of hydrogen-bond acceptors (Lipinski definition) is 3. The van der Waals surface area contributed by atoms with E-state index in [1.807, 2.05) is 32.9 Å². The predicted octanol–water partition coefficient (Wildman–Crippen LogP) is 3.38. The smallest absolute Gasteiger partial charge is 0.227 e. The Balaban J connectivity index is 2.28.